The van der Waals surface area contributed by atoms with Crippen molar-refractivity contribution in [2.75, 3.05) is 30.8 Å². The van der Waals surface area contributed by atoms with E-state index in [1.807, 2.05) is 0 Å². The van der Waals surface area contributed by atoms with Crippen LogP contribution in [-0.4, -0.2) is 57.6 Å². The van der Waals surface area contributed by atoms with Crippen LogP contribution in [0, 0.1) is 0 Å². The summed E-state index contributed by atoms with van der Waals surface area (Å²) in [5.41, 5.74) is -1.04. The summed E-state index contributed by atoms with van der Waals surface area (Å²) in [7, 11) is -2.74. The van der Waals surface area contributed by atoms with Gasteiger partial charge in [-0.05, 0) is 49.7 Å². The van der Waals surface area contributed by atoms with Crippen LogP contribution in [0.2, 0.25) is 5.02 Å². The number of nitrogens with zero attached hydrogens (tertiary/aromatic N) is 2. The third-order valence-corrected chi connectivity index (χ3v) is 6.70. The highest BCUT2D eigenvalue weighted by Crippen LogP contribution is 2.37. The zero-order chi connectivity index (χ0) is 27.3. The smallest absolute Gasteiger partial charge is 0.417 e. The predicted molar refractivity (Wildman–Crippen MR) is 130 cm³/mol. The molecule has 0 radical (unpaired) electrons. The van der Waals surface area contributed by atoms with Gasteiger partial charge in [-0.15, -0.1) is 0 Å². The van der Waals surface area contributed by atoms with E-state index < -0.39 is 56.9 Å². The number of hydrogen-bond donors (Lipinski definition) is 1. The highest BCUT2D eigenvalue weighted by Gasteiger charge is 2.35. The van der Waals surface area contributed by atoms with E-state index in [4.69, 9.17) is 16.3 Å². The summed E-state index contributed by atoms with van der Waals surface area (Å²) in [4.78, 5) is 27.1. The Labute approximate surface area is 213 Å². The predicted octanol–water partition coefficient (Wildman–Crippen LogP) is 3.69. The van der Waals surface area contributed by atoms with Gasteiger partial charge in [0.25, 0.3) is 0 Å². The second-order valence-corrected chi connectivity index (χ2v) is 10.2. The van der Waals surface area contributed by atoms with Gasteiger partial charge in [-0.25, -0.2) is 8.42 Å². The molecule has 1 unspecified atom stereocenters. The van der Waals surface area contributed by atoms with Crippen molar-refractivity contribution in [1.82, 2.24) is 10.2 Å². The monoisotopic (exact) mass is 549 g/mol. The molecule has 0 aromatic heterocycles. The van der Waals surface area contributed by atoms with Gasteiger partial charge in [-0.3, -0.25) is 13.9 Å². The summed E-state index contributed by atoms with van der Waals surface area (Å²) in [6.45, 7) is 2.54. The van der Waals surface area contributed by atoms with E-state index in [0.717, 1.165) is 23.3 Å². The van der Waals surface area contributed by atoms with Crippen molar-refractivity contribution < 1.29 is 35.9 Å². The van der Waals surface area contributed by atoms with E-state index in [-0.39, 0.29) is 6.54 Å². The van der Waals surface area contributed by atoms with E-state index in [1.54, 1.807) is 31.2 Å². The molecule has 0 spiro atoms. The molecule has 0 aliphatic heterocycles. The Kier molecular flexibility index (Phi) is 9.61. The molecule has 1 N–H and O–H groups in total. The average molecular weight is 550 g/mol. The van der Waals surface area contributed by atoms with E-state index >= 15 is 0 Å². The number of rotatable bonds is 10. The number of hydrogen-bond acceptors (Lipinski definition) is 5. The van der Waals surface area contributed by atoms with Crippen molar-refractivity contribution in [3.63, 3.8) is 0 Å². The minimum Gasteiger partial charge on any atom is -0.497 e. The van der Waals surface area contributed by atoms with Gasteiger partial charge < -0.3 is 15.0 Å². The molecule has 2 amide bonds. The number of methoxy groups -OCH3 is 1. The molecule has 2 aromatic rings. The van der Waals surface area contributed by atoms with Crippen LogP contribution >= 0.6 is 11.6 Å². The van der Waals surface area contributed by atoms with E-state index in [9.17, 15) is 31.2 Å². The number of likely N-dealkylation sites (N-methyl/N-ethyl adjacent to an activating group) is 1. The maximum atomic E-state index is 13.4. The molecule has 1 atom stereocenters. The van der Waals surface area contributed by atoms with Crippen LogP contribution in [0.3, 0.4) is 0 Å². The van der Waals surface area contributed by atoms with Gasteiger partial charge in [0, 0.05) is 13.1 Å². The number of nitrogens with one attached hydrogen (secondary N) is 1. The summed E-state index contributed by atoms with van der Waals surface area (Å²) >= 11 is 5.66. The van der Waals surface area contributed by atoms with E-state index in [1.165, 1.54) is 14.0 Å². The Hall–Kier alpha value is -2.99. The standard InChI is InChI=1S/C23H27ClF3N3O5S/c1-5-28-22(32)15(2)29(13-16-7-6-8-18(11-16)35-3)21(31)14-30(36(4,33)34)17-9-10-20(24)19(12-17)23(25,26)27/h6-12,15H,5,13-14H2,1-4H3,(H,28,32). The van der Waals surface area contributed by atoms with Crippen molar-refractivity contribution in [3.8, 4) is 5.75 Å². The topological polar surface area (TPSA) is 96.0 Å². The Bertz CT molecular complexity index is 1210. The first-order valence-electron chi connectivity index (χ1n) is 10.7. The Balaban J connectivity index is 2.48. The third kappa shape index (κ3) is 7.50. The summed E-state index contributed by atoms with van der Waals surface area (Å²) in [6.07, 6.45) is -4.08. The van der Waals surface area contributed by atoms with E-state index in [0.29, 0.717) is 28.2 Å². The molecular formula is C23H27ClF3N3O5S. The molecule has 0 heterocycles. The third-order valence-electron chi connectivity index (χ3n) is 5.23. The maximum absolute atomic E-state index is 13.4. The van der Waals surface area contributed by atoms with Crippen LogP contribution in [0.15, 0.2) is 42.5 Å². The normalized spacial score (nSPS) is 12.6. The van der Waals surface area contributed by atoms with Crippen molar-refractivity contribution in [2.24, 2.45) is 0 Å². The van der Waals surface area contributed by atoms with Gasteiger partial charge in [0.1, 0.15) is 18.3 Å². The van der Waals surface area contributed by atoms with Crippen molar-refractivity contribution in [1.29, 1.82) is 0 Å². The van der Waals surface area contributed by atoms with Crippen LogP contribution in [-0.2, 0) is 32.3 Å². The number of anilines is 1. The van der Waals surface area contributed by atoms with E-state index in [2.05, 4.69) is 5.32 Å². The van der Waals surface area contributed by atoms with Crippen molar-refractivity contribution in [3.05, 3.63) is 58.6 Å². The second-order valence-electron chi connectivity index (χ2n) is 7.88. The molecular weight excluding hydrogens is 523 g/mol. The lowest BCUT2D eigenvalue weighted by atomic mass is 10.1. The molecule has 0 aliphatic carbocycles. The molecule has 13 heteroatoms. The number of amides is 2. The number of halogens is 4. The van der Waals surface area contributed by atoms with Gasteiger partial charge in [0.15, 0.2) is 0 Å². The fraction of sp³-hybridized carbons (Fsp3) is 0.391. The number of ether oxygens (including phenoxy) is 1. The number of sulfonamides is 1. The molecule has 198 valence electrons. The first-order chi connectivity index (χ1) is 16.7. The number of benzene rings is 2. The van der Waals surface area contributed by atoms with Crippen LogP contribution in [0.25, 0.3) is 0 Å². The van der Waals surface area contributed by atoms with Crippen molar-refractivity contribution >= 4 is 39.1 Å². The van der Waals surface area contributed by atoms with Crippen LogP contribution in [0.4, 0.5) is 18.9 Å². The van der Waals surface area contributed by atoms with Gasteiger partial charge in [-0.2, -0.15) is 13.2 Å². The van der Waals surface area contributed by atoms with Crippen LogP contribution in [0.5, 0.6) is 5.75 Å². The molecule has 0 bridgehead atoms. The molecule has 36 heavy (non-hydrogen) atoms. The molecule has 0 aliphatic rings. The summed E-state index contributed by atoms with van der Waals surface area (Å²) in [6, 6.07) is 8.25. The van der Waals surface area contributed by atoms with Crippen LogP contribution in [0.1, 0.15) is 25.0 Å². The molecule has 2 aromatic carbocycles. The molecule has 0 fully saturated rings. The lowest BCUT2D eigenvalue weighted by Gasteiger charge is -2.31. The molecule has 0 saturated heterocycles. The zero-order valence-electron chi connectivity index (χ0n) is 20.1. The molecule has 2 rings (SSSR count). The van der Waals surface area contributed by atoms with Gasteiger partial charge in [-0.1, -0.05) is 23.7 Å². The highest BCUT2D eigenvalue weighted by atomic mass is 35.5. The molecule has 8 nitrogen and oxygen atoms in total. The second kappa shape index (κ2) is 11.8. The maximum Gasteiger partial charge on any atom is 0.417 e. The lowest BCUT2D eigenvalue weighted by molar-refractivity contribution is -0.139. The lowest BCUT2D eigenvalue weighted by Crippen LogP contribution is -2.51. The fourth-order valence-electron chi connectivity index (χ4n) is 3.37. The van der Waals surface area contributed by atoms with Crippen LogP contribution < -0.4 is 14.4 Å². The zero-order valence-corrected chi connectivity index (χ0v) is 21.7. The minimum absolute atomic E-state index is 0.0830. The Morgan fingerprint density at radius 2 is 1.83 bits per heavy atom. The fourth-order valence-corrected chi connectivity index (χ4v) is 4.44. The molecule has 0 saturated carbocycles. The minimum atomic E-state index is -4.84. The Morgan fingerprint density at radius 1 is 1.17 bits per heavy atom. The largest absolute Gasteiger partial charge is 0.497 e. The van der Waals surface area contributed by atoms with Gasteiger partial charge in [0.2, 0.25) is 21.8 Å². The number of alkyl halides is 3. The number of carbonyl (C=O) groups is 2. The summed E-state index contributed by atoms with van der Waals surface area (Å²) < 4.78 is 70.9. The first-order valence-corrected chi connectivity index (χ1v) is 13.0. The van der Waals surface area contributed by atoms with Crippen molar-refractivity contribution in [2.45, 2.75) is 32.6 Å². The Morgan fingerprint density at radius 3 is 2.39 bits per heavy atom. The van der Waals surface area contributed by atoms with Gasteiger partial charge in [0.05, 0.1) is 29.6 Å². The highest BCUT2D eigenvalue weighted by molar-refractivity contribution is 7.92. The quantitative estimate of drug-likeness (QED) is 0.488. The first kappa shape index (κ1) is 29.2. The number of carbonyl (C=O) groups excluding carboxylic acids is 2. The van der Waals surface area contributed by atoms with Gasteiger partial charge >= 0.3 is 6.18 Å². The average Bonchev–Trinajstić information content (AvgIpc) is 2.79. The summed E-state index contributed by atoms with van der Waals surface area (Å²) in [5, 5.41) is 1.99. The summed E-state index contributed by atoms with van der Waals surface area (Å²) in [5.74, 6) is -0.778. The SMILES string of the molecule is CCNC(=O)C(C)N(Cc1cccc(OC)c1)C(=O)CN(c1ccc(Cl)c(C(F)(F)F)c1)S(C)(=O)=O.